The van der Waals surface area contributed by atoms with E-state index in [9.17, 15) is 10.1 Å². The summed E-state index contributed by atoms with van der Waals surface area (Å²) in [4.78, 5) is 10.4. The molecule has 0 radical (unpaired) electrons. The molecule has 3 nitrogen and oxygen atoms in total. The Morgan fingerprint density at radius 1 is 1.00 bits per heavy atom. The van der Waals surface area contributed by atoms with Gasteiger partial charge >= 0.3 is 0 Å². The van der Waals surface area contributed by atoms with Crippen molar-refractivity contribution in [2.75, 3.05) is 0 Å². The van der Waals surface area contributed by atoms with E-state index in [0.717, 1.165) is 20.2 Å². The number of nitrogens with zero attached hydrogens (tertiary/aromatic N) is 1. The number of rotatable bonds is 1. The Balaban J connectivity index is 2.44. The molecule has 0 atom stereocenters. The maximum atomic E-state index is 10.7. The predicted molar refractivity (Wildman–Crippen MR) is 66.0 cm³/mol. The molecule has 4 heteroatoms. The molecular weight excluding hydrogens is 222 g/mol. The summed E-state index contributed by atoms with van der Waals surface area (Å²) in [6, 6.07) is 13.0. The van der Waals surface area contributed by atoms with Gasteiger partial charge < -0.3 is 0 Å². The largest absolute Gasteiger partial charge is 0.270 e. The van der Waals surface area contributed by atoms with Crippen LogP contribution in [-0.4, -0.2) is 4.92 Å². The van der Waals surface area contributed by atoms with Crippen molar-refractivity contribution in [3.63, 3.8) is 0 Å². The van der Waals surface area contributed by atoms with E-state index < -0.39 is 0 Å². The Hall–Kier alpha value is -1.94. The summed E-state index contributed by atoms with van der Waals surface area (Å²) >= 11 is 1.66. The fourth-order valence-corrected chi connectivity index (χ4v) is 2.91. The van der Waals surface area contributed by atoms with E-state index in [4.69, 9.17) is 0 Å². The molecule has 0 aliphatic heterocycles. The number of nitro groups is 1. The molecule has 16 heavy (non-hydrogen) atoms. The minimum absolute atomic E-state index is 0.149. The summed E-state index contributed by atoms with van der Waals surface area (Å²) in [6.45, 7) is 0. The minimum Gasteiger partial charge on any atom is -0.258 e. The van der Waals surface area contributed by atoms with Crippen LogP contribution in [0.15, 0.2) is 42.5 Å². The van der Waals surface area contributed by atoms with Crippen molar-refractivity contribution in [1.82, 2.24) is 0 Å². The average Bonchev–Trinajstić information content (AvgIpc) is 2.66. The smallest absolute Gasteiger partial charge is 0.258 e. The fourth-order valence-electron chi connectivity index (χ4n) is 1.83. The van der Waals surface area contributed by atoms with Crippen LogP contribution in [0.5, 0.6) is 0 Å². The first kappa shape index (κ1) is 9.30. The van der Waals surface area contributed by atoms with E-state index in [1.165, 1.54) is 0 Å². The quantitative estimate of drug-likeness (QED) is 0.468. The summed E-state index contributed by atoms with van der Waals surface area (Å²) in [5.74, 6) is 0. The van der Waals surface area contributed by atoms with Crippen LogP contribution in [0, 0.1) is 10.1 Å². The summed E-state index contributed by atoms with van der Waals surface area (Å²) in [7, 11) is 0. The van der Waals surface area contributed by atoms with Crippen LogP contribution in [-0.2, 0) is 0 Å². The molecule has 0 saturated heterocycles. The Morgan fingerprint density at radius 3 is 2.56 bits per heavy atom. The molecule has 0 unspecified atom stereocenters. The summed E-state index contributed by atoms with van der Waals surface area (Å²) in [5.41, 5.74) is 0.149. The van der Waals surface area contributed by atoms with Crippen LogP contribution in [0.4, 0.5) is 5.69 Å². The van der Waals surface area contributed by atoms with Crippen LogP contribution in [0.1, 0.15) is 0 Å². The standard InChI is InChI=1S/C12H7NO2S/c14-13(15)8-5-6-12-10(7-8)9-3-1-2-4-11(9)16-12/h1-7H. The third kappa shape index (κ3) is 1.27. The number of nitro benzene ring substituents is 1. The van der Waals surface area contributed by atoms with Gasteiger partial charge in [0, 0.05) is 32.3 Å². The molecule has 1 heterocycles. The van der Waals surface area contributed by atoms with Crippen molar-refractivity contribution in [2.24, 2.45) is 0 Å². The van der Waals surface area contributed by atoms with Crippen LogP contribution in [0.25, 0.3) is 20.2 Å². The molecular formula is C12H7NO2S. The van der Waals surface area contributed by atoms with Gasteiger partial charge in [0.25, 0.3) is 5.69 Å². The zero-order valence-electron chi connectivity index (χ0n) is 8.21. The Kier molecular flexibility index (Phi) is 1.91. The van der Waals surface area contributed by atoms with E-state index in [1.807, 2.05) is 30.3 Å². The van der Waals surface area contributed by atoms with E-state index in [1.54, 1.807) is 23.5 Å². The molecule has 1 aromatic heterocycles. The van der Waals surface area contributed by atoms with E-state index in [2.05, 4.69) is 0 Å². The molecule has 3 rings (SSSR count). The lowest BCUT2D eigenvalue weighted by atomic mass is 10.1. The van der Waals surface area contributed by atoms with Gasteiger partial charge in [0.15, 0.2) is 0 Å². The maximum Gasteiger partial charge on any atom is 0.270 e. The van der Waals surface area contributed by atoms with Crippen LogP contribution in [0.2, 0.25) is 0 Å². The topological polar surface area (TPSA) is 43.1 Å². The van der Waals surface area contributed by atoms with Crippen molar-refractivity contribution >= 4 is 37.2 Å². The van der Waals surface area contributed by atoms with Crippen LogP contribution in [0.3, 0.4) is 0 Å². The third-order valence-corrected chi connectivity index (χ3v) is 3.72. The number of fused-ring (bicyclic) bond motifs is 3. The molecule has 2 aromatic carbocycles. The highest BCUT2D eigenvalue weighted by Gasteiger charge is 2.10. The molecule has 0 bridgehead atoms. The molecule has 0 saturated carbocycles. The second kappa shape index (κ2) is 3.28. The number of hydrogen-bond donors (Lipinski definition) is 0. The highest BCUT2D eigenvalue weighted by Crippen LogP contribution is 2.35. The zero-order chi connectivity index (χ0) is 11.1. The average molecular weight is 229 g/mol. The van der Waals surface area contributed by atoms with Crippen molar-refractivity contribution in [2.45, 2.75) is 0 Å². The number of benzene rings is 2. The van der Waals surface area contributed by atoms with Gasteiger partial charge in [-0.1, -0.05) is 18.2 Å². The maximum absolute atomic E-state index is 10.7. The van der Waals surface area contributed by atoms with Gasteiger partial charge in [-0.15, -0.1) is 11.3 Å². The highest BCUT2D eigenvalue weighted by atomic mass is 32.1. The first-order valence-corrected chi connectivity index (χ1v) is 5.63. The summed E-state index contributed by atoms with van der Waals surface area (Å²) < 4.78 is 2.25. The van der Waals surface area contributed by atoms with Crippen LogP contribution >= 0.6 is 11.3 Å². The molecule has 0 aliphatic carbocycles. The third-order valence-electron chi connectivity index (χ3n) is 2.57. The summed E-state index contributed by atoms with van der Waals surface area (Å²) in [6.07, 6.45) is 0. The molecule has 0 amide bonds. The molecule has 3 aromatic rings. The first-order chi connectivity index (χ1) is 7.75. The van der Waals surface area contributed by atoms with Gasteiger partial charge in [-0.05, 0) is 12.1 Å². The minimum atomic E-state index is -0.355. The Labute approximate surface area is 95.1 Å². The lowest BCUT2D eigenvalue weighted by Crippen LogP contribution is -1.85. The van der Waals surface area contributed by atoms with Crippen LogP contribution < -0.4 is 0 Å². The highest BCUT2D eigenvalue weighted by molar-refractivity contribution is 7.25. The van der Waals surface area contributed by atoms with E-state index in [-0.39, 0.29) is 10.6 Å². The van der Waals surface area contributed by atoms with Gasteiger partial charge in [-0.25, -0.2) is 0 Å². The van der Waals surface area contributed by atoms with Crippen molar-refractivity contribution in [3.05, 3.63) is 52.6 Å². The van der Waals surface area contributed by atoms with E-state index in [0.29, 0.717) is 0 Å². The van der Waals surface area contributed by atoms with Crippen molar-refractivity contribution in [1.29, 1.82) is 0 Å². The van der Waals surface area contributed by atoms with Gasteiger partial charge in [0.05, 0.1) is 4.92 Å². The normalized spacial score (nSPS) is 11.0. The summed E-state index contributed by atoms with van der Waals surface area (Å²) in [5, 5.41) is 12.8. The van der Waals surface area contributed by atoms with E-state index >= 15 is 0 Å². The lowest BCUT2D eigenvalue weighted by molar-refractivity contribution is -0.384. The number of thiophene rings is 1. The first-order valence-electron chi connectivity index (χ1n) is 4.81. The molecule has 0 aliphatic rings. The second-order valence-electron chi connectivity index (χ2n) is 3.54. The van der Waals surface area contributed by atoms with Gasteiger partial charge in [-0.2, -0.15) is 0 Å². The molecule has 0 N–H and O–H groups in total. The number of non-ortho nitro benzene ring substituents is 1. The Bertz CT molecular complexity index is 702. The zero-order valence-corrected chi connectivity index (χ0v) is 9.03. The van der Waals surface area contributed by atoms with Gasteiger partial charge in [0.2, 0.25) is 0 Å². The molecule has 0 fully saturated rings. The van der Waals surface area contributed by atoms with Gasteiger partial charge in [0.1, 0.15) is 0 Å². The van der Waals surface area contributed by atoms with Crippen molar-refractivity contribution < 1.29 is 4.92 Å². The SMILES string of the molecule is O=[N+]([O-])c1ccc2sc3ccccc3c2c1. The lowest BCUT2D eigenvalue weighted by Gasteiger charge is -1.92. The predicted octanol–water partition coefficient (Wildman–Crippen LogP) is 3.96. The Morgan fingerprint density at radius 2 is 1.75 bits per heavy atom. The molecule has 0 spiro atoms. The number of hydrogen-bond acceptors (Lipinski definition) is 3. The monoisotopic (exact) mass is 229 g/mol. The van der Waals surface area contributed by atoms with Crippen molar-refractivity contribution in [3.8, 4) is 0 Å². The van der Waals surface area contributed by atoms with Gasteiger partial charge in [-0.3, -0.25) is 10.1 Å². The fraction of sp³-hybridized carbons (Fsp3) is 0. The molecule has 78 valence electrons. The second-order valence-corrected chi connectivity index (χ2v) is 4.62.